The van der Waals surface area contributed by atoms with E-state index in [1.54, 1.807) is 6.07 Å². The summed E-state index contributed by atoms with van der Waals surface area (Å²) in [6.07, 6.45) is 6.13. The Morgan fingerprint density at radius 2 is 2.24 bits per heavy atom. The van der Waals surface area contributed by atoms with Gasteiger partial charge < -0.3 is 10.1 Å². The number of methoxy groups -OCH3 is 1. The van der Waals surface area contributed by atoms with Gasteiger partial charge in [-0.15, -0.1) is 0 Å². The molecule has 2 saturated carbocycles. The summed E-state index contributed by atoms with van der Waals surface area (Å²) in [4.78, 5) is 0. The van der Waals surface area contributed by atoms with Crippen LogP contribution >= 0.6 is 0 Å². The molecular formula is C18H26FNO. The predicted octanol–water partition coefficient (Wildman–Crippen LogP) is 3.79. The van der Waals surface area contributed by atoms with Crippen LogP contribution in [0.3, 0.4) is 0 Å². The van der Waals surface area contributed by atoms with Crippen molar-refractivity contribution in [3.8, 4) is 5.75 Å². The first kappa shape index (κ1) is 14.8. The maximum absolute atomic E-state index is 14.5. The Bertz CT molecular complexity index is 504. The normalized spacial score (nSPS) is 30.8. The van der Waals surface area contributed by atoms with Crippen molar-refractivity contribution in [2.24, 2.45) is 17.3 Å². The number of fused-ring (bicyclic) bond motifs is 2. The van der Waals surface area contributed by atoms with Crippen LogP contribution in [0.2, 0.25) is 0 Å². The first-order valence-corrected chi connectivity index (χ1v) is 8.20. The molecule has 0 saturated heterocycles. The summed E-state index contributed by atoms with van der Waals surface area (Å²) < 4.78 is 19.7. The van der Waals surface area contributed by atoms with Crippen molar-refractivity contribution in [2.45, 2.75) is 39.0 Å². The topological polar surface area (TPSA) is 21.3 Å². The van der Waals surface area contributed by atoms with Gasteiger partial charge in [-0.3, -0.25) is 0 Å². The van der Waals surface area contributed by atoms with Crippen LogP contribution < -0.4 is 10.1 Å². The summed E-state index contributed by atoms with van der Waals surface area (Å²) in [6, 6.07) is 5.54. The highest BCUT2D eigenvalue weighted by atomic mass is 19.1. The Balaban J connectivity index is 1.85. The minimum absolute atomic E-state index is 0.168. The summed E-state index contributed by atoms with van der Waals surface area (Å²) in [6.45, 7) is 4.15. The van der Waals surface area contributed by atoms with Gasteiger partial charge in [-0.1, -0.05) is 25.5 Å². The first-order valence-electron chi connectivity index (χ1n) is 8.20. The lowest BCUT2D eigenvalue weighted by atomic mass is 9.69. The maximum atomic E-state index is 14.5. The lowest BCUT2D eigenvalue weighted by Gasteiger charge is -2.38. The third-order valence-electron chi connectivity index (χ3n) is 5.64. The van der Waals surface area contributed by atoms with Crippen molar-refractivity contribution in [2.75, 3.05) is 20.2 Å². The van der Waals surface area contributed by atoms with E-state index < -0.39 is 0 Å². The Hall–Kier alpha value is -1.09. The van der Waals surface area contributed by atoms with E-state index in [0.29, 0.717) is 5.75 Å². The third kappa shape index (κ3) is 2.68. The highest BCUT2D eigenvalue weighted by Gasteiger charge is 2.50. The number of hydrogen-bond donors (Lipinski definition) is 1. The van der Waals surface area contributed by atoms with E-state index in [4.69, 9.17) is 4.74 Å². The highest BCUT2D eigenvalue weighted by Crippen LogP contribution is 2.57. The van der Waals surface area contributed by atoms with Gasteiger partial charge in [0.15, 0.2) is 11.6 Å². The smallest absolute Gasteiger partial charge is 0.168 e. The van der Waals surface area contributed by atoms with E-state index >= 15 is 0 Å². The van der Waals surface area contributed by atoms with Crippen molar-refractivity contribution < 1.29 is 9.13 Å². The van der Waals surface area contributed by atoms with Gasteiger partial charge >= 0.3 is 0 Å². The molecule has 3 atom stereocenters. The molecule has 1 aromatic rings. The molecule has 3 unspecified atom stereocenters. The van der Waals surface area contributed by atoms with Crippen LogP contribution in [-0.2, 0) is 6.42 Å². The van der Waals surface area contributed by atoms with Crippen LogP contribution in [0.25, 0.3) is 0 Å². The largest absolute Gasteiger partial charge is 0.494 e. The van der Waals surface area contributed by atoms with Gasteiger partial charge in [0.25, 0.3) is 0 Å². The van der Waals surface area contributed by atoms with Crippen LogP contribution in [-0.4, -0.2) is 20.2 Å². The standard InChI is InChI=1S/C18H26FNO/c1-3-20-12-18(10-13-7-8-15(18)9-13)11-14-5-4-6-16(21-2)17(14)19/h4-6,13,15,20H,3,7-12H2,1-2H3. The van der Waals surface area contributed by atoms with Gasteiger partial charge in [-0.2, -0.15) is 0 Å². The molecule has 1 N–H and O–H groups in total. The molecule has 0 aromatic heterocycles. The Labute approximate surface area is 127 Å². The summed E-state index contributed by atoms with van der Waals surface area (Å²) in [7, 11) is 1.54. The summed E-state index contributed by atoms with van der Waals surface area (Å²) >= 11 is 0. The molecule has 21 heavy (non-hydrogen) atoms. The molecular weight excluding hydrogens is 265 g/mol. The quantitative estimate of drug-likeness (QED) is 0.861. The van der Waals surface area contributed by atoms with Gasteiger partial charge in [0.2, 0.25) is 0 Å². The lowest BCUT2D eigenvalue weighted by molar-refractivity contribution is 0.155. The molecule has 2 bridgehead atoms. The zero-order valence-corrected chi connectivity index (χ0v) is 13.1. The molecule has 2 aliphatic carbocycles. The van der Waals surface area contributed by atoms with Crippen molar-refractivity contribution >= 4 is 0 Å². The zero-order valence-electron chi connectivity index (χ0n) is 13.1. The molecule has 3 heteroatoms. The summed E-state index contributed by atoms with van der Waals surface area (Å²) in [5, 5.41) is 3.53. The Morgan fingerprint density at radius 3 is 2.86 bits per heavy atom. The first-order chi connectivity index (χ1) is 10.2. The van der Waals surface area contributed by atoms with Crippen LogP contribution in [0.15, 0.2) is 18.2 Å². The number of benzene rings is 1. The van der Waals surface area contributed by atoms with Gasteiger partial charge in [-0.05, 0) is 61.1 Å². The van der Waals surface area contributed by atoms with E-state index in [1.165, 1.54) is 32.8 Å². The van der Waals surface area contributed by atoms with Crippen molar-refractivity contribution in [1.82, 2.24) is 5.32 Å². The molecule has 2 fully saturated rings. The number of halogens is 1. The molecule has 0 aliphatic heterocycles. The number of hydrogen-bond acceptors (Lipinski definition) is 2. The van der Waals surface area contributed by atoms with Crippen LogP contribution in [0, 0.1) is 23.1 Å². The van der Waals surface area contributed by atoms with E-state index in [-0.39, 0.29) is 11.2 Å². The second-order valence-corrected chi connectivity index (χ2v) is 6.83. The van der Waals surface area contributed by atoms with E-state index in [9.17, 15) is 4.39 Å². The fourth-order valence-electron chi connectivity index (χ4n) is 4.66. The number of nitrogens with one attached hydrogen (secondary N) is 1. The highest BCUT2D eigenvalue weighted by molar-refractivity contribution is 5.32. The second-order valence-electron chi connectivity index (χ2n) is 6.83. The van der Waals surface area contributed by atoms with E-state index in [0.717, 1.165) is 36.9 Å². The molecule has 1 aromatic carbocycles. The zero-order chi connectivity index (χ0) is 14.9. The van der Waals surface area contributed by atoms with E-state index in [2.05, 4.69) is 12.2 Å². The minimum atomic E-state index is -0.168. The second kappa shape index (κ2) is 5.96. The Morgan fingerprint density at radius 1 is 1.38 bits per heavy atom. The molecule has 0 heterocycles. The van der Waals surface area contributed by atoms with Gasteiger partial charge in [0.1, 0.15) is 0 Å². The monoisotopic (exact) mass is 291 g/mol. The maximum Gasteiger partial charge on any atom is 0.168 e. The van der Waals surface area contributed by atoms with Crippen LogP contribution in [0.1, 0.15) is 38.2 Å². The average molecular weight is 291 g/mol. The van der Waals surface area contributed by atoms with E-state index in [1.807, 2.05) is 12.1 Å². The molecule has 116 valence electrons. The van der Waals surface area contributed by atoms with Crippen molar-refractivity contribution in [1.29, 1.82) is 0 Å². The summed E-state index contributed by atoms with van der Waals surface area (Å²) in [5.74, 6) is 1.82. The average Bonchev–Trinajstić information content (AvgIpc) is 3.08. The molecule has 0 radical (unpaired) electrons. The fraction of sp³-hybridized carbons (Fsp3) is 0.667. The fourth-order valence-corrected chi connectivity index (χ4v) is 4.66. The third-order valence-corrected chi connectivity index (χ3v) is 5.64. The van der Waals surface area contributed by atoms with Crippen LogP contribution in [0.5, 0.6) is 5.75 Å². The lowest BCUT2D eigenvalue weighted by Crippen LogP contribution is -2.40. The molecule has 0 amide bonds. The molecule has 0 spiro atoms. The van der Waals surface area contributed by atoms with Gasteiger partial charge in [-0.25, -0.2) is 4.39 Å². The van der Waals surface area contributed by atoms with Crippen molar-refractivity contribution in [3.63, 3.8) is 0 Å². The van der Waals surface area contributed by atoms with Gasteiger partial charge in [0, 0.05) is 6.54 Å². The SMILES string of the molecule is CCNCC1(Cc2cccc(OC)c2F)CC2CCC1C2. The number of ether oxygens (including phenoxy) is 1. The Kier molecular flexibility index (Phi) is 4.21. The molecule has 2 aliphatic rings. The summed E-state index contributed by atoms with van der Waals surface area (Å²) in [5.41, 5.74) is 1.06. The molecule has 2 nitrogen and oxygen atoms in total. The van der Waals surface area contributed by atoms with Crippen LogP contribution in [0.4, 0.5) is 4.39 Å². The predicted molar refractivity (Wildman–Crippen MR) is 83.1 cm³/mol. The van der Waals surface area contributed by atoms with Crippen molar-refractivity contribution in [3.05, 3.63) is 29.6 Å². The molecule has 3 rings (SSSR count). The number of rotatable bonds is 6. The minimum Gasteiger partial charge on any atom is -0.494 e. The van der Waals surface area contributed by atoms with Gasteiger partial charge in [0.05, 0.1) is 7.11 Å².